The highest BCUT2D eigenvalue weighted by molar-refractivity contribution is 9.10. The zero-order valence-corrected chi connectivity index (χ0v) is 18.1. The van der Waals surface area contributed by atoms with Gasteiger partial charge in [-0.15, -0.1) is 0 Å². The molecule has 7 nitrogen and oxygen atoms in total. The summed E-state index contributed by atoms with van der Waals surface area (Å²) in [6.07, 6.45) is -1.61. The number of halogens is 4. The average Bonchev–Trinajstić information content (AvgIpc) is 3.21. The molecule has 1 saturated heterocycles. The number of fused-ring (bicyclic) bond motifs is 1. The molecule has 0 unspecified atom stereocenters. The minimum Gasteiger partial charge on any atom is -0.368 e. The summed E-state index contributed by atoms with van der Waals surface area (Å²) in [5, 5.41) is 7.00. The number of piperazine rings is 1. The molecule has 30 heavy (non-hydrogen) atoms. The first-order chi connectivity index (χ1) is 14.2. The van der Waals surface area contributed by atoms with E-state index < -0.39 is 11.7 Å². The maximum Gasteiger partial charge on any atom is 0.418 e. The smallest absolute Gasteiger partial charge is 0.368 e. The van der Waals surface area contributed by atoms with Crippen LogP contribution in [0.4, 0.5) is 30.4 Å². The Morgan fingerprint density at radius 2 is 1.83 bits per heavy atom. The molecule has 1 aliphatic heterocycles. The molecule has 11 heteroatoms. The summed E-state index contributed by atoms with van der Waals surface area (Å²) in [5.74, 6) is 0.321. The number of nitrogens with zero attached hydrogens (tertiary/aromatic N) is 6. The van der Waals surface area contributed by atoms with Crippen molar-refractivity contribution < 1.29 is 13.2 Å². The Morgan fingerprint density at radius 1 is 1.10 bits per heavy atom. The second-order valence-corrected chi connectivity index (χ2v) is 8.21. The van der Waals surface area contributed by atoms with Crippen molar-refractivity contribution in [2.75, 3.05) is 36.4 Å². The molecule has 0 atom stereocenters. The summed E-state index contributed by atoms with van der Waals surface area (Å²) in [6.45, 7) is 6.79. The van der Waals surface area contributed by atoms with E-state index in [-0.39, 0.29) is 11.4 Å². The Labute approximate surface area is 180 Å². The first-order valence-corrected chi connectivity index (χ1v) is 10.3. The fourth-order valence-corrected chi connectivity index (χ4v) is 3.97. The molecule has 1 fully saturated rings. The third-order valence-electron chi connectivity index (χ3n) is 5.21. The van der Waals surface area contributed by atoms with Crippen molar-refractivity contribution >= 4 is 38.8 Å². The zero-order chi connectivity index (χ0) is 21.5. The molecule has 3 heterocycles. The van der Waals surface area contributed by atoms with Crippen molar-refractivity contribution in [3.05, 3.63) is 40.9 Å². The Hall–Kier alpha value is -2.40. The van der Waals surface area contributed by atoms with Gasteiger partial charge >= 0.3 is 6.18 Å². The quantitative estimate of drug-likeness (QED) is 0.600. The number of aromatic nitrogens is 4. The SMILES string of the molecule is CC(C)N1CCN(c2ccc(Nc3ncc(Br)n4ncnc34)cc2C(F)(F)F)CC1. The fourth-order valence-electron chi connectivity index (χ4n) is 3.61. The van der Waals surface area contributed by atoms with E-state index in [0.29, 0.717) is 35.2 Å². The summed E-state index contributed by atoms with van der Waals surface area (Å²) < 4.78 is 43.7. The molecule has 0 spiro atoms. The van der Waals surface area contributed by atoms with Gasteiger partial charge in [0.2, 0.25) is 0 Å². The lowest BCUT2D eigenvalue weighted by molar-refractivity contribution is -0.137. The normalized spacial score (nSPS) is 15.9. The minimum atomic E-state index is -4.47. The maximum atomic E-state index is 13.9. The van der Waals surface area contributed by atoms with Gasteiger partial charge in [0.1, 0.15) is 10.9 Å². The van der Waals surface area contributed by atoms with Gasteiger partial charge in [-0.25, -0.2) is 14.5 Å². The zero-order valence-electron chi connectivity index (χ0n) is 16.5. The van der Waals surface area contributed by atoms with Crippen molar-refractivity contribution in [3.63, 3.8) is 0 Å². The fraction of sp³-hybridized carbons (Fsp3) is 0.421. The number of benzene rings is 1. The predicted molar refractivity (Wildman–Crippen MR) is 112 cm³/mol. The van der Waals surface area contributed by atoms with E-state index in [1.807, 2.05) is 0 Å². The van der Waals surface area contributed by atoms with E-state index >= 15 is 0 Å². The van der Waals surface area contributed by atoms with Gasteiger partial charge < -0.3 is 10.2 Å². The average molecular weight is 484 g/mol. The Bertz CT molecular complexity index is 1040. The topological polar surface area (TPSA) is 61.6 Å². The third-order valence-corrected chi connectivity index (χ3v) is 5.75. The van der Waals surface area contributed by atoms with E-state index in [1.165, 1.54) is 23.1 Å². The Balaban J connectivity index is 1.63. The molecule has 0 radical (unpaired) electrons. The van der Waals surface area contributed by atoms with Gasteiger partial charge in [0.25, 0.3) is 0 Å². The molecular formula is C19H21BrF3N7. The van der Waals surface area contributed by atoms with Crippen molar-refractivity contribution in [2.24, 2.45) is 0 Å². The molecule has 0 bridgehead atoms. The van der Waals surface area contributed by atoms with Crippen LogP contribution in [0.1, 0.15) is 19.4 Å². The number of hydrogen-bond acceptors (Lipinski definition) is 6. The van der Waals surface area contributed by atoms with Crippen LogP contribution in [0.25, 0.3) is 5.65 Å². The van der Waals surface area contributed by atoms with Crippen LogP contribution in [0.2, 0.25) is 0 Å². The first kappa shape index (κ1) is 20.9. The Morgan fingerprint density at radius 3 is 2.50 bits per heavy atom. The summed E-state index contributed by atoms with van der Waals surface area (Å²) >= 11 is 3.31. The van der Waals surface area contributed by atoms with Gasteiger partial charge in [0, 0.05) is 43.6 Å². The highest BCUT2D eigenvalue weighted by atomic mass is 79.9. The van der Waals surface area contributed by atoms with Gasteiger partial charge in [-0.2, -0.15) is 18.3 Å². The van der Waals surface area contributed by atoms with E-state index in [2.05, 4.69) is 55.1 Å². The van der Waals surface area contributed by atoms with Crippen LogP contribution in [0.15, 0.2) is 35.3 Å². The summed E-state index contributed by atoms with van der Waals surface area (Å²) in [6, 6.07) is 4.67. The number of hydrogen-bond donors (Lipinski definition) is 1. The monoisotopic (exact) mass is 483 g/mol. The summed E-state index contributed by atoms with van der Waals surface area (Å²) in [7, 11) is 0. The van der Waals surface area contributed by atoms with Gasteiger partial charge in [-0.1, -0.05) is 0 Å². The Kier molecular flexibility index (Phi) is 5.58. The highest BCUT2D eigenvalue weighted by Gasteiger charge is 2.36. The molecule has 0 amide bonds. The van der Waals surface area contributed by atoms with Crippen molar-refractivity contribution in [3.8, 4) is 0 Å². The molecule has 1 N–H and O–H groups in total. The molecule has 1 aromatic carbocycles. The molecule has 0 saturated carbocycles. The summed E-state index contributed by atoms with van der Waals surface area (Å²) in [5.41, 5.74) is 0.228. The van der Waals surface area contributed by atoms with Crippen molar-refractivity contribution in [1.82, 2.24) is 24.5 Å². The molecule has 2 aromatic heterocycles. The van der Waals surface area contributed by atoms with E-state index in [4.69, 9.17) is 0 Å². The largest absolute Gasteiger partial charge is 0.418 e. The minimum absolute atomic E-state index is 0.202. The molecule has 160 valence electrons. The molecule has 4 rings (SSSR count). The molecule has 1 aliphatic rings. The van der Waals surface area contributed by atoms with Gasteiger partial charge in [-0.05, 0) is 48.0 Å². The van der Waals surface area contributed by atoms with Crippen LogP contribution in [-0.2, 0) is 6.18 Å². The number of rotatable bonds is 4. The van der Waals surface area contributed by atoms with Gasteiger partial charge in [0.15, 0.2) is 11.5 Å². The second-order valence-electron chi connectivity index (χ2n) is 7.40. The lowest BCUT2D eigenvalue weighted by Crippen LogP contribution is -2.49. The van der Waals surface area contributed by atoms with E-state index in [1.54, 1.807) is 11.0 Å². The standard InChI is InChI=1S/C19H21BrF3N7/c1-12(2)28-5-7-29(8-6-28)15-4-3-13(9-14(15)19(21,22)23)27-17-18-25-11-26-30(18)16(20)10-24-17/h3-4,9-12H,5-8H2,1-2H3,(H,24,27). The first-order valence-electron chi connectivity index (χ1n) is 9.55. The molecule has 3 aromatic rings. The lowest BCUT2D eigenvalue weighted by atomic mass is 10.1. The second kappa shape index (κ2) is 8.03. The van der Waals surface area contributed by atoms with Crippen molar-refractivity contribution in [2.45, 2.75) is 26.1 Å². The van der Waals surface area contributed by atoms with Crippen LogP contribution in [0, 0.1) is 0 Å². The molecule has 0 aliphatic carbocycles. The van der Waals surface area contributed by atoms with E-state index in [9.17, 15) is 13.2 Å². The van der Waals surface area contributed by atoms with Crippen LogP contribution < -0.4 is 10.2 Å². The van der Waals surface area contributed by atoms with Crippen molar-refractivity contribution in [1.29, 1.82) is 0 Å². The van der Waals surface area contributed by atoms with E-state index in [0.717, 1.165) is 19.2 Å². The van der Waals surface area contributed by atoms with Crippen LogP contribution in [0.3, 0.4) is 0 Å². The number of alkyl halides is 3. The third kappa shape index (κ3) is 4.08. The lowest BCUT2D eigenvalue weighted by Gasteiger charge is -2.39. The van der Waals surface area contributed by atoms with Crippen LogP contribution in [-0.4, -0.2) is 56.7 Å². The van der Waals surface area contributed by atoms with Gasteiger partial charge in [-0.3, -0.25) is 4.90 Å². The van der Waals surface area contributed by atoms with Crippen LogP contribution >= 0.6 is 15.9 Å². The number of anilines is 3. The molecular weight excluding hydrogens is 463 g/mol. The summed E-state index contributed by atoms with van der Waals surface area (Å²) in [4.78, 5) is 12.4. The maximum absolute atomic E-state index is 13.9. The number of nitrogens with one attached hydrogen (secondary N) is 1. The van der Waals surface area contributed by atoms with Gasteiger partial charge in [0.05, 0.1) is 11.8 Å². The predicted octanol–water partition coefficient (Wildman–Crippen LogP) is 4.18. The highest BCUT2D eigenvalue weighted by Crippen LogP contribution is 2.39. The van der Waals surface area contributed by atoms with Crippen LogP contribution in [0.5, 0.6) is 0 Å².